The van der Waals surface area contributed by atoms with Crippen LogP contribution in [-0.2, 0) is 50.4 Å². The Bertz CT molecular complexity index is 2280. The van der Waals surface area contributed by atoms with E-state index >= 15 is 0 Å². The number of para-hydroxylation sites is 2. The van der Waals surface area contributed by atoms with Gasteiger partial charge in [-0.25, -0.2) is 13.4 Å². The van der Waals surface area contributed by atoms with E-state index in [1.807, 2.05) is 110 Å². The zero-order valence-electron chi connectivity index (χ0n) is 30.2. The Hall–Kier alpha value is -5.17. The molecular formula is C43H44N4O6S. The van der Waals surface area contributed by atoms with Gasteiger partial charge in [-0.3, -0.25) is 4.79 Å². The van der Waals surface area contributed by atoms with Crippen LogP contribution in [0.1, 0.15) is 52.7 Å². The largest absolute Gasteiger partial charge is 0.392 e. The van der Waals surface area contributed by atoms with Crippen LogP contribution in [0.5, 0.6) is 0 Å². The number of benzene rings is 5. The van der Waals surface area contributed by atoms with E-state index in [9.17, 15) is 18.3 Å². The molecule has 54 heavy (non-hydrogen) atoms. The molecular weight excluding hydrogens is 701 g/mol. The highest BCUT2D eigenvalue weighted by Crippen LogP contribution is 2.42. The van der Waals surface area contributed by atoms with Crippen LogP contribution in [0.3, 0.4) is 0 Å². The summed E-state index contributed by atoms with van der Waals surface area (Å²) in [5.41, 5.74) is 7.19. The summed E-state index contributed by atoms with van der Waals surface area (Å²) in [5, 5.41) is 12.6. The van der Waals surface area contributed by atoms with Crippen LogP contribution in [0.2, 0.25) is 0 Å². The lowest BCUT2D eigenvalue weighted by Crippen LogP contribution is -2.47. The summed E-state index contributed by atoms with van der Waals surface area (Å²) in [5.74, 6) is -0.444. The van der Waals surface area contributed by atoms with Crippen molar-refractivity contribution in [2.24, 2.45) is 5.92 Å². The molecule has 0 saturated carbocycles. The van der Waals surface area contributed by atoms with Gasteiger partial charge in [0.15, 0.2) is 6.29 Å². The van der Waals surface area contributed by atoms with Gasteiger partial charge in [-0.05, 0) is 59.9 Å². The molecule has 1 amide bonds. The molecule has 5 aromatic carbocycles. The summed E-state index contributed by atoms with van der Waals surface area (Å²) in [4.78, 5) is 18.3. The number of sulfonamides is 1. The van der Waals surface area contributed by atoms with Crippen molar-refractivity contribution in [1.82, 2.24) is 19.6 Å². The maximum absolute atomic E-state index is 13.6. The van der Waals surface area contributed by atoms with Gasteiger partial charge in [-0.1, -0.05) is 116 Å². The fraction of sp³-hybridized carbons (Fsp3) is 0.256. The fourth-order valence-electron chi connectivity index (χ4n) is 6.79. The van der Waals surface area contributed by atoms with E-state index in [0.29, 0.717) is 6.54 Å². The minimum absolute atomic E-state index is 0.0101. The standard InChI is InChI=1S/C43H44N4O6S/c1-29-12-22-36(23-13-29)54(50,51)46-38(24-31-8-4-3-5-9-31)42(49)44-25-32-14-20-35(21-15-32)43-52-40(26-47-28-45-37-10-6-7-11-39(37)47)30(2)41(53-43)34-18-16-33(27-48)17-19-34/h3-23,28,30,38,40-41,43,46,48H,24-27H2,1-2H3,(H,44,49)/t30-,38+,40+,41+,43?/m0/s1. The lowest BCUT2D eigenvalue weighted by molar-refractivity contribution is -0.276. The van der Waals surface area contributed by atoms with Crippen molar-refractivity contribution in [2.45, 2.75) is 69.4 Å². The number of nitrogens with one attached hydrogen (secondary N) is 2. The van der Waals surface area contributed by atoms with Gasteiger partial charge in [0.2, 0.25) is 15.9 Å². The van der Waals surface area contributed by atoms with Gasteiger partial charge in [-0.2, -0.15) is 4.72 Å². The van der Waals surface area contributed by atoms with Gasteiger partial charge in [0.25, 0.3) is 0 Å². The monoisotopic (exact) mass is 744 g/mol. The first-order valence-electron chi connectivity index (χ1n) is 18.1. The highest BCUT2D eigenvalue weighted by Gasteiger charge is 2.38. The minimum Gasteiger partial charge on any atom is -0.392 e. The lowest BCUT2D eigenvalue weighted by Gasteiger charge is -2.41. The minimum atomic E-state index is -3.96. The van der Waals surface area contributed by atoms with Crippen molar-refractivity contribution in [3.05, 3.63) is 167 Å². The molecule has 278 valence electrons. The Morgan fingerprint density at radius 2 is 1.48 bits per heavy atom. The Kier molecular flexibility index (Phi) is 11.3. The number of imidazole rings is 1. The highest BCUT2D eigenvalue weighted by molar-refractivity contribution is 7.89. The van der Waals surface area contributed by atoms with Crippen LogP contribution >= 0.6 is 0 Å². The molecule has 1 aliphatic rings. The number of carbonyl (C=O) groups excluding carboxylic acids is 1. The summed E-state index contributed by atoms with van der Waals surface area (Å²) in [6.45, 7) is 4.75. The third-order valence-electron chi connectivity index (χ3n) is 9.97. The number of carbonyl (C=O) groups is 1. The molecule has 1 saturated heterocycles. The van der Waals surface area contributed by atoms with Gasteiger partial charge in [0.1, 0.15) is 6.04 Å². The van der Waals surface area contributed by atoms with Crippen LogP contribution in [-0.4, -0.2) is 41.1 Å². The highest BCUT2D eigenvalue weighted by atomic mass is 32.2. The molecule has 11 heteroatoms. The van der Waals surface area contributed by atoms with E-state index in [4.69, 9.17) is 9.47 Å². The van der Waals surface area contributed by atoms with Gasteiger partial charge in [0.05, 0.1) is 47.6 Å². The third kappa shape index (κ3) is 8.62. The summed E-state index contributed by atoms with van der Waals surface area (Å²) in [7, 11) is -3.96. The van der Waals surface area contributed by atoms with E-state index < -0.39 is 28.3 Å². The first-order valence-corrected chi connectivity index (χ1v) is 19.5. The summed E-state index contributed by atoms with van der Waals surface area (Å²) >= 11 is 0. The topological polar surface area (TPSA) is 132 Å². The zero-order chi connectivity index (χ0) is 37.7. The third-order valence-corrected chi connectivity index (χ3v) is 11.5. The summed E-state index contributed by atoms with van der Waals surface area (Å²) in [6, 6.07) is 38.3. The van der Waals surface area contributed by atoms with Crippen LogP contribution in [0.4, 0.5) is 0 Å². The van der Waals surface area contributed by atoms with E-state index in [1.165, 1.54) is 12.1 Å². The number of aryl methyl sites for hydroxylation is 1. The van der Waals surface area contributed by atoms with Crippen molar-refractivity contribution in [2.75, 3.05) is 0 Å². The van der Waals surface area contributed by atoms with Crippen LogP contribution < -0.4 is 10.0 Å². The van der Waals surface area contributed by atoms with Crippen molar-refractivity contribution in [3.63, 3.8) is 0 Å². The molecule has 3 N–H and O–H groups in total. The van der Waals surface area contributed by atoms with E-state index in [0.717, 1.165) is 44.4 Å². The molecule has 0 aliphatic carbocycles. The average Bonchev–Trinajstić information content (AvgIpc) is 3.60. The summed E-state index contributed by atoms with van der Waals surface area (Å²) in [6.07, 6.45) is 0.870. The van der Waals surface area contributed by atoms with E-state index in [2.05, 4.69) is 32.6 Å². The second-order valence-corrected chi connectivity index (χ2v) is 15.6. The number of aromatic nitrogens is 2. The Balaban J connectivity index is 1.07. The SMILES string of the molecule is Cc1ccc(S(=O)(=O)N[C@H](Cc2ccccc2)C(=O)NCc2ccc(C3O[C@H](Cn4cnc5ccccc54)[C@H](C)[C@H](c4ccc(CO)cc4)O3)cc2)cc1. The second-order valence-electron chi connectivity index (χ2n) is 13.8. The number of amides is 1. The Labute approximate surface area is 315 Å². The molecule has 0 bridgehead atoms. The molecule has 2 heterocycles. The van der Waals surface area contributed by atoms with Crippen LogP contribution in [0.15, 0.2) is 139 Å². The number of ether oxygens (including phenoxy) is 2. The van der Waals surface area contributed by atoms with Gasteiger partial charge in [-0.15, -0.1) is 0 Å². The number of aliphatic hydroxyl groups is 1. The predicted octanol–water partition coefficient (Wildman–Crippen LogP) is 6.53. The zero-order valence-corrected chi connectivity index (χ0v) is 31.0. The first-order chi connectivity index (χ1) is 26.2. The number of hydrogen-bond acceptors (Lipinski definition) is 7. The Morgan fingerprint density at radius 1 is 0.815 bits per heavy atom. The predicted molar refractivity (Wildman–Crippen MR) is 206 cm³/mol. The lowest BCUT2D eigenvalue weighted by atomic mass is 9.90. The molecule has 0 spiro atoms. The number of hydrogen-bond donors (Lipinski definition) is 3. The first kappa shape index (κ1) is 37.2. The van der Waals surface area contributed by atoms with E-state index in [1.54, 1.807) is 12.1 Å². The quantitative estimate of drug-likeness (QED) is 0.123. The van der Waals surface area contributed by atoms with Crippen molar-refractivity contribution >= 4 is 27.0 Å². The van der Waals surface area contributed by atoms with Crippen molar-refractivity contribution in [1.29, 1.82) is 0 Å². The Morgan fingerprint density at radius 3 is 2.20 bits per heavy atom. The molecule has 1 aliphatic heterocycles. The molecule has 6 aromatic rings. The second kappa shape index (κ2) is 16.5. The molecule has 1 aromatic heterocycles. The summed E-state index contributed by atoms with van der Waals surface area (Å²) < 4.78 is 44.7. The van der Waals surface area contributed by atoms with Crippen molar-refractivity contribution < 1.29 is 27.8 Å². The normalized spacial score (nSPS) is 19.4. The smallest absolute Gasteiger partial charge is 0.241 e. The molecule has 7 rings (SSSR count). The molecule has 0 radical (unpaired) electrons. The van der Waals surface area contributed by atoms with Crippen LogP contribution in [0.25, 0.3) is 11.0 Å². The average molecular weight is 745 g/mol. The van der Waals surface area contributed by atoms with Gasteiger partial charge >= 0.3 is 0 Å². The fourth-order valence-corrected chi connectivity index (χ4v) is 7.99. The molecule has 1 unspecified atom stereocenters. The molecule has 10 nitrogen and oxygen atoms in total. The van der Waals surface area contributed by atoms with E-state index in [-0.39, 0.29) is 42.6 Å². The molecule has 5 atom stereocenters. The number of fused-ring (bicyclic) bond motifs is 1. The number of aliphatic hydroxyl groups excluding tert-OH is 1. The van der Waals surface area contributed by atoms with Crippen molar-refractivity contribution in [3.8, 4) is 0 Å². The van der Waals surface area contributed by atoms with Crippen LogP contribution in [0, 0.1) is 12.8 Å². The van der Waals surface area contributed by atoms with Gasteiger partial charge in [0, 0.05) is 18.0 Å². The van der Waals surface area contributed by atoms with Gasteiger partial charge < -0.3 is 24.5 Å². The maximum atomic E-state index is 13.6. The molecule has 1 fully saturated rings. The number of nitrogens with zero attached hydrogens (tertiary/aromatic N) is 2. The maximum Gasteiger partial charge on any atom is 0.241 e. The number of rotatable bonds is 13.